The van der Waals surface area contributed by atoms with Gasteiger partial charge in [0, 0.05) is 48.7 Å². The molecule has 1 aliphatic rings. The highest BCUT2D eigenvalue weighted by molar-refractivity contribution is 7.15. The number of anilines is 1. The molecule has 2 heterocycles. The summed E-state index contributed by atoms with van der Waals surface area (Å²) in [5.74, 6) is 0. The summed E-state index contributed by atoms with van der Waals surface area (Å²) >= 11 is 7.87. The first-order valence-electron chi connectivity index (χ1n) is 8.69. The van der Waals surface area contributed by atoms with Gasteiger partial charge in [-0.2, -0.15) is 0 Å². The number of aliphatic hydroxyl groups is 1. The number of aromatic nitrogens is 1. The zero-order valence-electron chi connectivity index (χ0n) is 14.9. The van der Waals surface area contributed by atoms with Crippen LogP contribution in [0.3, 0.4) is 0 Å². The van der Waals surface area contributed by atoms with Gasteiger partial charge in [-0.25, -0.2) is 4.98 Å². The molecule has 0 bridgehead atoms. The maximum Gasteiger partial charge on any atom is 0.185 e. The SMILES string of the molecule is CN(C)c1ncc(CN2CCCC(CO)(Cc3cccc(Cl)c3)C2)s1. The molecule has 1 aromatic heterocycles. The Morgan fingerprint density at radius 1 is 1.40 bits per heavy atom. The highest BCUT2D eigenvalue weighted by Crippen LogP contribution is 2.35. The van der Waals surface area contributed by atoms with Gasteiger partial charge in [-0.15, -0.1) is 11.3 Å². The molecule has 1 N–H and O–H groups in total. The summed E-state index contributed by atoms with van der Waals surface area (Å²) in [5, 5.41) is 12.0. The molecule has 1 aliphatic heterocycles. The van der Waals surface area contributed by atoms with Crippen LogP contribution >= 0.6 is 22.9 Å². The minimum atomic E-state index is -0.0853. The minimum absolute atomic E-state index is 0.0853. The van der Waals surface area contributed by atoms with Crippen LogP contribution in [0.15, 0.2) is 30.5 Å². The van der Waals surface area contributed by atoms with Crippen LogP contribution in [0.4, 0.5) is 5.13 Å². The van der Waals surface area contributed by atoms with Crippen LogP contribution < -0.4 is 4.90 Å². The quantitative estimate of drug-likeness (QED) is 0.831. The average molecular weight is 380 g/mol. The third-order valence-electron chi connectivity index (χ3n) is 4.85. The summed E-state index contributed by atoms with van der Waals surface area (Å²) in [4.78, 5) is 10.2. The minimum Gasteiger partial charge on any atom is -0.396 e. The van der Waals surface area contributed by atoms with Crippen molar-refractivity contribution in [3.8, 4) is 0 Å². The predicted octanol–water partition coefficient (Wildman–Crippen LogP) is 3.68. The van der Waals surface area contributed by atoms with Gasteiger partial charge in [-0.05, 0) is 43.5 Å². The van der Waals surface area contributed by atoms with E-state index in [1.165, 1.54) is 10.4 Å². The second-order valence-electron chi connectivity index (χ2n) is 7.28. The van der Waals surface area contributed by atoms with Crippen LogP contribution in [0.2, 0.25) is 5.02 Å². The third-order valence-corrected chi connectivity index (χ3v) is 6.23. The van der Waals surface area contributed by atoms with Crippen LogP contribution in [-0.2, 0) is 13.0 Å². The fourth-order valence-electron chi connectivity index (χ4n) is 3.65. The zero-order valence-corrected chi connectivity index (χ0v) is 16.5. The Bertz CT molecular complexity index is 705. The number of thiazole rings is 1. The molecule has 0 saturated carbocycles. The lowest BCUT2D eigenvalue weighted by molar-refractivity contribution is 0.0292. The fourth-order valence-corrected chi connectivity index (χ4v) is 4.74. The highest BCUT2D eigenvalue weighted by Gasteiger charge is 2.35. The molecule has 0 aliphatic carbocycles. The number of likely N-dealkylation sites (tertiary alicyclic amines) is 1. The van der Waals surface area contributed by atoms with Crippen LogP contribution in [0, 0.1) is 5.41 Å². The average Bonchev–Trinajstić information content (AvgIpc) is 3.04. The van der Waals surface area contributed by atoms with E-state index < -0.39 is 0 Å². The van der Waals surface area contributed by atoms with Crippen molar-refractivity contribution < 1.29 is 5.11 Å². The second-order valence-corrected chi connectivity index (χ2v) is 8.81. The lowest BCUT2D eigenvalue weighted by Crippen LogP contribution is -2.46. The van der Waals surface area contributed by atoms with E-state index in [4.69, 9.17) is 11.6 Å². The first kappa shape index (κ1) is 18.6. The molecule has 3 rings (SSSR count). The molecule has 25 heavy (non-hydrogen) atoms. The number of nitrogens with zero attached hydrogens (tertiary/aromatic N) is 3. The fraction of sp³-hybridized carbons (Fsp3) is 0.526. The number of benzene rings is 1. The number of aliphatic hydroxyl groups excluding tert-OH is 1. The Kier molecular flexibility index (Phi) is 6.00. The van der Waals surface area contributed by atoms with Crippen LogP contribution in [0.1, 0.15) is 23.3 Å². The van der Waals surface area contributed by atoms with E-state index in [2.05, 4.69) is 16.0 Å². The van der Waals surface area contributed by atoms with E-state index in [0.29, 0.717) is 0 Å². The molecule has 0 amide bonds. The number of hydrogen-bond acceptors (Lipinski definition) is 5. The Morgan fingerprint density at radius 3 is 2.92 bits per heavy atom. The van der Waals surface area contributed by atoms with Gasteiger partial charge < -0.3 is 10.0 Å². The summed E-state index contributed by atoms with van der Waals surface area (Å²) in [6.07, 6.45) is 5.01. The molecule has 1 atom stereocenters. The highest BCUT2D eigenvalue weighted by atomic mass is 35.5. The van der Waals surface area contributed by atoms with Gasteiger partial charge in [0.15, 0.2) is 5.13 Å². The van der Waals surface area contributed by atoms with Crippen molar-refractivity contribution in [1.82, 2.24) is 9.88 Å². The van der Waals surface area contributed by atoms with Gasteiger partial charge in [0.1, 0.15) is 0 Å². The molecule has 136 valence electrons. The molecule has 6 heteroatoms. The van der Waals surface area contributed by atoms with Crippen molar-refractivity contribution >= 4 is 28.1 Å². The van der Waals surface area contributed by atoms with E-state index in [1.807, 2.05) is 43.4 Å². The van der Waals surface area contributed by atoms with Gasteiger partial charge in [0.05, 0.1) is 6.61 Å². The van der Waals surface area contributed by atoms with E-state index in [9.17, 15) is 5.11 Å². The Hall–Kier alpha value is -1.14. The molecule has 2 aromatic rings. The second kappa shape index (κ2) is 8.04. The van der Waals surface area contributed by atoms with E-state index >= 15 is 0 Å². The summed E-state index contributed by atoms with van der Waals surface area (Å²) in [7, 11) is 4.04. The predicted molar refractivity (Wildman–Crippen MR) is 106 cm³/mol. The molecule has 0 spiro atoms. The number of piperidine rings is 1. The van der Waals surface area contributed by atoms with Gasteiger partial charge in [-0.1, -0.05) is 23.7 Å². The van der Waals surface area contributed by atoms with Gasteiger partial charge in [-0.3, -0.25) is 4.90 Å². The van der Waals surface area contributed by atoms with Crippen LogP contribution in [0.25, 0.3) is 0 Å². The maximum atomic E-state index is 10.2. The lowest BCUT2D eigenvalue weighted by Gasteiger charge is -2.42. The Balaban J connectivity index is 1.69. The summed E-state index contributed by atoms with van der Waals surface area (Å²) in [6, 6.07) is 8.01. The Morgan fingerprint density at radius 2 is 2.24 bits per heavy atom. The van der Waals surface area contributed by atoms with E-state index in [-0.39, 0.29) is 12.0 Å². The van der Waals surface area contributed by atoms with Crippen LogP contribution in [0.5, 0.6) is 0 Å². The third kappa shape index (κ3) is 4.73. The molecular formula is C19H26ClN3OS. The Labute approximate surface area is 159 Å². The van der Waals surface area contributed by atoms with Crippen molar-refractivity contribution in [2.24, 2.45) is 5.41 Å². The molecule has 1 aromatic carbocycles. The van der Waals surface area contributed by atoms with E-state index in [0.717, 1.165) is 49.1 Å². The topological polar surface area (TPSA) is 39.6 Å². The lowest BCUT2D eigenvalue weighted by atomic mass is 9.75. The van der Waals surface area contributed by atoms with Crippen molar-refractivity contribution in [1.29, 1.82) is 0 Å². The number of hydrogen-bond donors (Lipinski definition) is 1. The van der Waals surface area contributed by atoms with Gasteiger partial charge in [0.25, 0.3) is 0 Å². The summed E-state index contributed by atoms with van der Waals surface area (Å²) in [5.41, 5.74) is 1.12. The largest absolute Gasteiger partial charge is 0.396 e. The standard InChI is InChI=1S/C19H26ClN3OS/c1-22(2)18-21-11-17(25-18)12-23-8-4-7-19(13-23,14-24)10-15-5-3-6-16(20)9-15/h3,5-6,9,11,24H,4,7-8,10,12-14H2,1-2H3. The molecule has 0 radical (unpaired) electrons. The van der Waals surface area contributed by atoms with Crippen molar-refractivity contribution in [2.75, 3.05) is 38.7 Å². The molecule has 1 unspecified atom stereocenters. The number of halogens is 1. The van der Waals surface area contributed by atoms with Crippen molar-refractivity contribution in [3.05, 3.63) is 45.9 Å². The van der Waals surface area contributed by atoms with Crippen molar-refractivity contribution in [2.45, 2.75) is 25.8 Å². The molecule has 4 nitrogen and oxygen atoms in total. The normalized spacial score (nSPS) is 21.4. The van der Waals surface area contributed by atoms with Gasteiger partial charge in [0.2, 0.25) is 0 Å². The first-order chi connectivity index (χ1) is 12.0. The summed E-state index contributed by atoms with van der Waals surface area (Å²) in [6.45, 7) is 3.10. The smallest absolute Gasteiger partial charge is 0.185 e. The van der Waals surface area contributed by atoms with Gasteiger partial charge >= 0.3 is 0 Å². The van der Waals surface area contributed by atoms with Crippen molar-refractivity contribution in [3.63, 3.8) is 0 Å². The molecular weight excluding hydrogens is 354 g/mol. The molecule has 1 saturated heterocycles. The first-order valence-corrected chi connectivity index (χ1v) is 9.89. The summed E-state index contributed by atoms with van der Waals surface area (Å²) < 4.78 is 0. The number of rotatable bonds is 6. The maximum absolute atomic E-state index is 10.2. The monoisotopic (exact) mass is 379 g/mol. The molecule has 1 fully saturated rings. The zero-order chi connectivity index (χ0) is 17.9. The van der Waals surface area contributed by atoms with E-state index in [1.54, 1.807) is 11.3 Å². The van der Waals surface area contributed by atoms with Crippen LogP contribution in [-0.4, -0.2) is 48.8 Å².